The lowest BCUT2D eigenvalue weighted by Crippen LogP contribution is -2.31. The Morgan fingerprint density at radius 3 is 2.88 bits per heavy atom. The molecule has 2 rings (SSSR count). The van der Waals surface area contributed by atoms with Gasteiger partial charge in [-0.1, -0.05) is 26.3 Å². The van der Waals surface area contributed by atoms with Gasteiger partial charge >= 0.3 is 0 Å². The fourth-order valence-corrected chi connectivity index (χ4v) is 3.16. The molecule has 0 saturated carbocycles. The number of hydrogen-bond donors (Lipinski definition) is 1. The molecule has 3 heteroatoms. The van der Waals surface area contributed by atoms with E-state index in [0.717, 1.165) is 13.0 Å². The summed E-state index contributed by atoms with van der Waals surface area (Å²) in [6.45, 7) is 5.54. The van der Waals surface area contributed by atoms with E-state index in [-0.39, 0.29) is 0 Å². The van der Waals surface area contributed by atoms with Gasteiger partial charge in [0.1, 0.15) is 0 Å². The number of aliphatic imine (C=N–C) groups is 1. The topological polar surface area (TPSA) is 24.4 Å². The van der Waals surface area contributed by atoms with Crippen molar-refractivity contribution in [2.24, 2.45) is 10.9 Å². The van der Waals surface area contributed by atoms with Gasteiger partial charge in [0.25, 0.3) is 0 Å². The minimum absolute atomic E-state index is 0.423. The number of rotatable bonds is 3. The Kier molecular flexibility index (Phi) is 4.60. The van der Waals surface area contributed by atoms with Crippen LogP contribution in [-0.4, -0.2) is 12.4 Å². The predicted molar refractivity (Wildman–Crippen MR) is 75.8 cm³/mol. The van der Waals surface area contributed by atoms with E-state index in [4.69, 9.17) is 0 Å². The lowest BCUT2D eigenvalue weighted by atomic mass is 10.0. The van der Waals surface area contributed by atoms with Crippen molar-refractivity contribution in [1.82, 2.24) is 5.32 Å². The normalized spacial score (nSPS) is 18.6. The zero-order chi connectivity index (χ0) is 12.1. The first-order chi connectivity index (χ1) is 8.27. The summed E-state index contributed by atoms with van der Waals surface area (Å²) >= 11 is 1.84. The Hall–Kier alpha value is -0.830. The fraction of sp³-hybridized carbons (Fsp3) is 0.643. The van der Waals surface area contributed by atoms with E-state index < -0.39 is 0 Å². The number of hydrogen-bond acceptors (Lipinski definition) is 3. The van der Waals surface area contributed by atoms with Crippen LogP contribution in [0.25, 0.3) is 0 Å². The average molecular weight is 250 g/mol. The minimum Gasteiger partial charge on any atom is -0.366 e. The highest BCUT2D eigenvalue weighted by Crippen LogP contribution is 2.26. The van der Waals surface area contributed by atoms with Gasteiger partial charge in [-0.3, -0.25) is 4.99 Å². The highest BCUT2D eigenvalue weighted by molar-refractivity contribution is 7.10. The van der Waals surface area contributed by atoms with Crippen molar-refractivity contribution in [1.29, 1.82) is 0 Å². The molecule has 1 aromatic heterocycles. The van der Waals surface area contributed by atoms with Crippen molar-refractivity contribution in [3.05, 3.63) is 22.4 Å². The van der Waals surface area contributed by atoms with Crippen molar-refractivity contribution in [3.63, 3.8) is 0 Å². The first-order valence-electron chi connectivity index (χ1n) is 6.60. The molecular formula is C14H22N2S. The summed E-state index contributed by atoms with van der Waals surface area (Å²) in [6.07, 6.45) is 4.96. The van der Waals surface area contributed by atoms with Crippen LogP contribution in [0.1, 0.15) is 50.4 Å². The highest BCUT2D eigenvalue weighted by atomic mass is 32.1. The monoisotopic (exact) mass is 250 g/mol. The average Bonchev–Trinajstić information content (AvgIpc) is 2.70. The number of nitrogens with zero attached hydrogens (tertiary/aromatic N) is 1. The van der Waals surface area contributed by atoms with Gasteiger partial charge in [0.2, 0.25) is 0 Å². The molecule has 1 atom stereocenters. The maximum Gasteiger partial charge on any atom is 0.0968 e. The third-order valence-corrected chi connectivity index (χ3v) is 4.17. The van der Waals surface area contributed by atoms with Gasteiger partial charge in [0.05, 0.1) is 11.9 Å². The molecule has 2 nitrogen and oxygen atoms in total. The third-order valence-electron chi connectivity index (χ3n) is 3.21. The molecule has 2 heterocycles. The van der Waals surface area contributed by atoms with Crippen LogP contribution >= 0.6 is 11.3 Å². The number of thiophene rings is 1. The van der Waals surface area contributed by atoms with Crippen LogP contribution in [0.3, 0.4) is 0 Å². The van der Waals surface area contributed by atoms with Crippen LogP contribution in [0.15, 0.2) is 22.5 Å². The molecule has 1 aliphatic rings. The Labute approximate surface area is 108 Å². The molecule has 0 radical (unpaired) electrons. The van der Waals surface area contributed by atoms with Crippen molar-refractivity contribution in [2.75, 3.05) is 6.54 Å². The van der Waals surface area contributed by atoms with Gasteiger partial charge < -0.3 is 5.32 Å². The summed E-state index contributed by atoms with van der Waals surface area (Å²) in [4.78, 5) is 6.09. The third kappa shape index (κ3) is 3.56. The lowest BCUT2D eigenvalue weighted by molar-refractivity contribution is 0.475. The van der Waals surface area contributed by atoms with E-state index >= 15 is 0 Å². The lowest BCUT2D eigenvalue weighted by Gasteiger charge is -2.23. The molecule has 0 fully saturated rings. The number of amidine groups is 1. The van der Waals surface area contributed by atoms with E-state index in [1.54, 1.807) is 0 Å². The first-order valence-corrected chi connectivity index (χ1v) is 7.48. The minimum atomic E-state index is 0.423. The van der Waals surface area contributed by atoms with E-state index in [1.807, 2.05) is 11.3 Å². The van der Waals surface area contributed by atoms with Crippen molar-refractivity contribution in [3.8, 4) is 0 Å². The van der Waals surface area contributed by atoms with E-state index in [1.165, 1.54) is 30.0 Å². The molecule has 0 aromatic carbocycles. The predicted octanol–water partition coefficient (Wildman–Crippen LogP) is 4.01. The molecule has 94 valence electrons. The van der Waals surface area contributed by atoms with Gasteiger partial charge in [-0.15, -0.1) is 11.3 Å². The highest BCUT2D eigenvalue weighted by Gasteiger charge is 2.18. The van der Waals surface area contributed by atoms with Gasteiger partial charge in [0.15, 0.2) is 0 Å². The molecule has 0 saturated heterocycles. The zero-order valence-corrected chi connectivity index (χ0v) is 11.6. The Morgan fingerprint density at radius 1 is 1.29 bits per heavy atom. The Morgan fingerprint density at radius 2 is 2.18 bits per heavy atom. The molecule has 0 amide bonds. The van der Waals surface area contributed by atoms with Crippen molar-refractivity contribution >= 4 is 17.2 Å². The fourth-order valence-electron chi connectivity index (χ4n) is 2.21. The maximum atomic E-state index is 4.67. The molecule has 1 N–H and O–H groups in total. The van der Waals surface area contributed by atoms with Crippen molar-refractivity contribution < 1.29 is 0 Å². The second kappa shape index (κ2) is 6.20. The van der Waals surface area contributed by atoms with E-state index in [0.29, 0.717) is 12.0 Å². The Bertz CT molecular complexity index is 354. The van der Waals surface area contributed by atoms with Crippen LogP contribution in [-0.2, 0) is 0 Å². The van der Waals surface area contributed by atoms with E-state index in [9.17, 15) is 0 Å². The summed E-state index contributed by atoms with van der Waals surface area (Å²) in [5.74, 6) is 1.81. The SMILES string of the molecule is CC(C)C(NC1=NCCCCC1)c1cccs1. The van der Waals surface area contributed by atoms with Crippen LogP contribution in [0, 0.1) is 5.92 Å². The zero-order valence-electron chi connectivity index (χ0n) is 10.8. The van der Waals surface area contributed by atoms with Gasteiger partial charge in [0, 0.05) is 17.8 Å². The van der Waals surface area contributed by atoms with E-state index in [2.05, 4.69) is 41.7 Å². The molecule has 1 aliphatic heterocycles. The van der Waals surface area contributed by atoms with Crippen LogP contribution in [0.2, 0.25) is 0 Å². The summed E-state index contributed by atoms with van der Waals surface area (Å²) < 4.78 is 0. The Balaban J connectivity index is 2.05. The quantitative estimate of drug-likeness (QED) is 0.861. The molecule has 0 aliphatic carbocycles. The molecule has 0 bridgehead atoms. The summed E-state index contributed by atoms with van der Waals surface area (Å²) in [6, 6.07) is 4.78. The number of nitrogens with one attached hydrogen (secondary N) is 1. The first kappa shape index (κ1) is 12.6. The standard InChI is InChI=1S/C14H22N2S/c1-11(2)14(12-7-6-10-17-12)16-13-8-4-3-5-9-15-13/h6-7,10-11,14H,3-5,8-9H2,1-2H3,(H,15,16). The summed E-state index contributed by atoms with van der Waals surface area (Å²) in [5, 5.41) is 5.81. The molecule has 0 spiro atoms. The van der Waals surface area contributed by atoms with Crippen LogP contribution in [0.5, 0.6) is 0 Å². The maximum absolute atomic E-state index is 4.67. The van der Waals surface area contributed by atoms with Crippen molar-refractivity contribution in [2.45, 2.75) is 45.6 Å². The largest absolute Gasteiger partial charge is 0.366 e. The summed E-state index contributed by atoms with van der Waals surface area (Å²) in [5.41, 5.74) is 0. The molecule has 1 unspecified atom stereocenters. The molecule has 1 aromatic rings. The second-order valence-electron chi connectivity index (χ2n) is 5.02. The van der Waals surface area contributed by atoms with Crippen LogP contribution < -0.4 is 5.32 Å². The van der Waals surface area contributed by atoms with Crippen LogP contribution in [0.4, 0.5) is 0 Å². The van der Waals surface area contributed by atoms with Gasteiger partial charge in [-0.05, 0) is 30.2 Å². The smallest absolute Gasteiger partial charge is 0.0968 e. The molecular weight excluding hydrogens is 228 g/mol. The summed E-state index contributed by atoms with van der Waals surface area (Å²) in [7, 11) is 0. The van der Waals surface area contributed by atoms with Gasteiger partial charge in [-0.2, -0.15) is 0 Å². The molecule has 17 heavy (non-hydrogen) atoms. The van der Waals surface area contributed by atoms with Gasteiger partial charge in [-0.25, -0.2) is 0 Å². The second-order valence-corrected chi connectivity index (χ2v) is 6.00.